The number of likely N-dealkylation sites (tertiary alicyclic amines) is 1. The minimum Gasteiger partial charge on any atom is -0.497 e. The SMILES string of the molecule is COc1ccc(NC(=S)NC2CCCC2N2CCC(Cc3ccc(Cl)cc3)CC2)cc1. The third kappa shape index (κ3) is 6.12. The van der Waals surface area contributed by atoms with Crippen molar-refractivity contribution in [1.29, 1.82) is 0 Å². The molecule has 0 bridgehead atoms. The first kappa shape index (κ1) is 22.4. The highest BCUT2D eigenvalue weighted by molar-refractivity contribution is 7.80. The predicted octanol–water partition coefficient (Wildman–Crippen LogP) is 5.51. The third-order valence-electron chi connectivity index (χ3n) is 6.70. The van der Waals surface area contributed by atoms with E-state index in [1.807, 2.05) is 36.4 Å². The van der Waals surface area contributed by atoms with E-state index in [-0.39, 0.29) is 0 Å². The molecular formula is C25H32ClN3OS. The van der Waals surface area contributed by atoms with Gasteiger partial charge in [-0.2, -0.15) is 0 Å². The van der Waals surface area contributed by atoms with Gasteiger partial charge in [-0.25, -0.2) is 0 Å². The first-order valence-corrected chi connectivity index (χ1v) is 12.1. The van der Waals surface area contributed by atoms with E-state index in [0.717, 1.165) is 28.8 Å². The molecule has 6 heteroatoms. The number of anilines is 1. The zero-order valence-electron chi connectivity index (χ0n) is 18.1. The number of hydrogen-bond donors (Lipinski definition) is 2. The predicted molar refractivity (Wildman–Crippen MR) is 133 cm³/mol. The number of rotatable bonds is 6. The minimum absolute atomic E-state index is 0.422. The summed E-state index contributed by atoms with van der Waals surface area (Å²) in [6.07, 6.45) is 7.39. The quantitative estimate of drug-likeness (QED) is 0.559. The van der Waals surface area contributed by atoms with Crippen LogP contribution in [0.15, 0.2) is 48.5 Å². The molecule has 2 unspecified atom stereocenters. The first-order valence-electron chi connectivity index (χ1n) is 11.3. The third-order valence-corrected chi connectivity index (χ3v) is 7.17. The maximum Gasteiger partial charge on any atom is 0.171 e. The standard InChI is InChI=1S/C25H32ClN3OS/c1-30-22-11-9-21(10-12-22)27-25(31)28-23-3-2-4-24(23)29-15-13-19(14-16-29)17-18-5-7-20(26)8-6-18/h5-12,19,23-24H,2-4,13-17H2,1H3,(H2,27,28,31). The maximum absolute atomic E-state index is 6.02. The highest BCUT2D eigenvalue weighted by Gasteiger charge is 2.34. The lowest BCUT2D eigenvalue weighted by Gasteiger charge is -2.39. The Morgan fingerprint density at radius 2 is 1.74 bits per heavy atom. The summed E-state index contributed by atoms with van der Waals surface area (Å²) in [4.78, 5) is 2.69. The number of ether oxygens (including phenoxy) is 1. The number of hydrogen-bond acceptors (Lipinski definition) is 3. The van der Waals surface area contributed by atoms with Gasteiger partial charge in [-0.1, -0.05) is 23.7 Å². The van der Waals surface area contributed by atoms with E-state index in [2.05, 4.69) is 27.7 Å². The van der Waals surface area contributed by atoms with Gasteiger partial charge in [0.2, 0.25) is 0 Å². The van der Waals surface area contributed by atoms with E-state index >= 15 is 0 Å². The van der Waals surface area contributed by atoms with E-state index in [1.165, 1.54) is 50.8 Å². The van der Waals surface area contributed by atoms with Crippen LogP contribution in [0, 0.1) is 5.92 Å². The second-order valence-electron chi connectivity index (χ2n) is 8.74. The second-order valence-corrected chi connectivity index (χ2v) is 9.59. The van der Waals surface area contributed by atoms with Crippen molar-refractivity contribution < 1.29 is 4.74 Å². The number of piperidine rings is 1. The normalized spacial score (nSPS) is 22.3. The Morgan fingerprint density at radius 1 is 1.03 bits per heavy atom. The van der Waals surface area contributed by atoms with Crippen LogP contribution in [-0.4, -0.2) is 42.3 Å². The van der Waals surface area contributed by atoms with Crippen LogP contribution in [0.4, 0.5) is 5.69 Å². The van der Waals surface area contributed by atoms with Crippen molar-refractivity contribution in [2.24, 2.45) is 5.92 Å². The molecule has 0 amide bonds. The van der Waals surface area contributed by atoms with Gasteiger partial charge in [0.25, 0.3) is 0 Å². The molecule has 0 spiro atoms. The number of nitrogens with zero attached hydrogens (tertiary/aromatic N) is 1. The molecular weight excluding hydrogens is 426 g/mol. The Labute approximate surface area is 196 Å². The summed E-state index contributed by atoms with van der Waals surface area (Å²) < 4.78 is 5.22. The Kier molecular flexibility index (Phi) is 7.70. The molecule has 2 aromatic rings. The molecule has 166 valence electrons. The van der Waals surface area contributed by atoms with Gasteiger partial charge in [0, 0.05) is 22.8 Å². The van der Waals surface area contributed by atoms with Gasteiger partial charge in [-0.05, 0) is 112 Å². The maximum atomic E-state index is 6.02. The lowest BCUT2D eigenvalue weighted by atomic mass is 9.89. The van der Waals surface area contributed by atoms with Gasteiger partial charge in [0.05, 0.1) is 7.11 Å². The second kappa shape index (κ2) is 10.7. The highest BCUT2D eigenvalue weighted by Crippen LogP contribution is 2.30. The lowest BCUT2D eigenvalue weighted by molar-refractivity contribution is 0.122. The number of halogens is 1. The Bertz CT molecular complexity index is 850. The fourth-order valence-electron chi connectivity index (χ4n) is 5.00. The summed E-state index contributed by atoms with van der Waals surface area (Å²) in [5, 5.41) is 8.44. The first-order chi connectivity index (χ1) is 15.1. The van der Waals surface area contributed by atoms with Crippen molar-refractivity contribution in [2.75, 3.05) is 25.5 Å². The molecule has 0 aromatic heterocycles. The van der Waals surface area contributed by atoms with Crippen molar-refractivity contribution >= 4 is 34.6 Å². The molecule has 1 saturated carbocycles. The average molecular weight is 458 g/mol. The average Bonchev–Trinajstić information content (AvgIpc) is 3.24. The molecule has 1 aliphatic heterocycles. The fourth-order valence-corrected chi connectivity index (χ4v) is 5.39. The van der Waals surface area contributed by atoms with E-state index in [1.54, 1.807) is 7.11 Å². The van der Waals surface area contributed by atoms with Crippen molar-refractivity contribution in [3.05, 3.63) is 59.1 Å². The minimum atomic E-state index is 0.422. The molecule has 2 atom stereocenters. The number of methoxy groups -OCH3 is 1. The summed E-state index contributed by atoms with van der Waals surface area (Å²) in [7, 11) is 1.68. The van der Waals surface area contributed by atoms with Gasteiger partial charge in [-0.15, -0.1) is 0 Å². The van der Waals surface area contributed by atoms with Gasteiger partial charge in [-0.3, -0.25) is 4.90 Å². The van der Waals surface area contributed by atoms with Crippen LogP contribution >= 0.6 is 23.8 Å². The molecule has 2 aromatic carbocycles. The van der Waals surface area contributed by atoms with Crippen molar-refractivity contribution in [3.63, 3.8) is 0 Å². The Hall–Kier alpha value is -1.82. The van der Waals surface area contributed by atoms with E-state index < -0.39 is 0 Å². The highest BCUT2D eigenvalue weighted by atomic mass is 35.5. The Balaban J connectivity index is 1.25. The molecule has 2 N–H and O–H groups in total. The molecule has 1 heterocycles. The zero-order chi connectivity index (χ0) is 21.6. The summed E-state index contributed by atoms with van der Waals surface area (Å²) >= 11 is 11.6. The number of nitrogens with one attached hydrogen (secondary N) is 2. The van der Waals surface area contributed by atoms with Gasteiger partial charge in [0.1, 0.15) is 5.75 Å². The van der Waals surface area contributed by atoms with Crippen LogP contribution in [0.1, 0.15) is 37.7 Å². The molecule has 2 fully saturated rings. The number of benzene rings is 2. The van der Waals surface area contributed by atoms with Crippen LogP contribution in [0.2, 0.25) is 5.02 Å². The monoisotopic (exact) mass is 457 g/mol. The van der Waals surface area contributed by atoms with E-state index in [9.17, 15) is 0 Å². The molecule has 1 saturated heterocycles. The van der Waals surface area contributed by atoms with Crippen LogP contribution in [-0.2, 0) is 6.42 Å². The van der Waals surface area contributed by atoms with Gasteiger partial charge in [0.15, 0.2) is 5.11 Å². The lowest BCUT2D eigenvalue weighted by Crippen LogP contribution is -2.51. The molecule has 2 aliphatic rings. The molecule has 31 heavy (non-hydrogen) atoms. The van der Waals surface area contributed by atoms with Gasteiger partial charge >= 0.3 is 0 Å². The van der Waals surface area contributed by atoms with Crippen LogP contribution < -0.4 is 15.4 Å². The summed E-state index contributed by atoms with van der Waals surface area (Å²) in [5.41, 5.74) is 2.38. The smallest absolute Gasteiger partial charge is 0.171 e. The number of thiocarbonyl (C=S) groups is 1. The zero-order valence-corrected chi connectivity index (χ0v) is 19.7. The Morgan fingerprint density at radius 3 is 2.42 bits per heavy atom. The molecule has 0 radical (unpaired) electrons. The van der Waals surface area contributed by atoms with Crippen molar-refractivity contribution in [2.45, 2.75) is 50.6 Å². The largest absolute Gasteiger partial charge is 0.497 e. The van der Waals surface area contributed by atoms with Crippen LogP contribution in [0.3, 0.4) is 0 Å². The van der Waals surface area contributed by atoms with Crippen molar-refractivity contribution in [3.8, 4) is 5.75 Å². The topological polar surface area (TPSA) is 36.5 Å². The van der Waals surface area contributed by atoms with Crippen LogP contribution in [0.5, 0.6) is 5.75 Å². The molecule has 1 aliphatic carbocycles. The van der Waals surface area contributed by atoms with E-state index in [0.29, 0.717) is 17.2 Å². The van der Waals surface area contributed by atoms with Crippen molar-refractivity contribution in [1.82, 2.24) is 10.2 Å². The molecule has 4 rings (SSSR count). The summed E-state index contributed by atoms with van der Waals surface area (Å²) in [5.74, 6) is 1.61. The summed E-state index contributed by atoms with van der Waals surface area (Å²) in [6.45, 7) is 2.36. The molecule has 4 nitrogen and oxygen atoms in total. The van der Waals surface area contributed by atoms with Crippen LogP contribution in [0.25, 0.3) is 0 Å². The van der Waals surface area contributed by atoms with Gasteiger partial charge < -0.3 is 15.4 Å². The summed E-state index contributed by atoms with van der Waals surface area (Å²) in [6, 6.07) is 17.2. The van der Waals surface area contributed by atoms with E-state index in [4.69, 9.17) is 28.6 Å². The fraction of sp³-hybridized carbons (Fsp3) is 0.480.